The number of hydrogen-bond acceptors (Lipinski definition) is 4. The Bertz CT molecular complexity index is 721. The molecule has 2 aromatic heterocycles. The van der Waals surface area contributed by atoms with Crippen molar-refractivity contribution in [2.75, 3.05) is 11.9 Å². The van der Waals surface area contributed by atoms with Gasteiger partial charge in [0.05, 0.1) is 0 Å². The number of nitrogens with zero attached hydrogens (tertiary/aromatic N) is 3. The van der Waals surface area contributed by atoms with Gasteiger partial charge < -0.3 is 10.6 Å². The Hall–Kier alpha value is -2.94. The molecule has 0 aliphatic heterocycles. The van der Waals surface area contributed by atoms with Gasteiger partial charge in [-0.3, -0.25) is 4.98 Å². The van der Waals surface area contributed by atoms with E-state index in [9.17, 15) is 4.79 Å². The number of amides is 2. The van der Waals surface area contributed by atoms with E-state index >= 15 is 0 Å². The number of carbonyl (C=O) groups excluding carboxylic acids is 1. The number of carbonyl (C=O) groups is 1. The summed E-state index contributed by atoms with van der Waals surface area (Å²) in [6, 6.07) is 6.83. The first-order valence-electron chi connectivity index (χ1n) is 6.91. The highest BCUT2D eigenvalue weighted by atomic mass is 16.2. The van der Waals surface area contributed by atoms with Gasteiger partial charge in [-0.1, -0.05) is 6.07 Å². The quantitative estimate of drug-likeness (QED) is 0.905. The number of nitrogens with one attached hydrogen (secondary N) is 2. The number of aromatic nitrogens is 2. The second-order valence-electron chi connectivity index (χ2n) is 4.95. The molecule has 112 valence electrons. The Labute approximate surface area is 129 Å². The minimum Gasteiger partial charge on any atom is -0.337 e. The third-order valence-electron chi connectivity index (χ3n) is 3.10. The molecule has 0 radical (unpaired) electrons. The fourth-order valence-electron chi connectivity index (χ4n) is 2.04. The first kappa shape index (κ1) is 15.4. The van der Waals surface area contributed by atoms with Crippen molar-refractivity contribution in [3.05, 3.63) is 53.1 Å². The van der Waals surface area contributed by atoms with Crippen LogP contribution < -0.4 is 10.6 Å². The largest absolute Gasteiger partial charge is 0.337 e. The average molecular weight is 295 g/mol. The predicted molar refractivity (Wildman–Crippen MR) is 83.4 cm³/mol. The lowest BCUT2D eigenvalue weighted by molar-refractivity contribution is 0.252. The molecule has 2 rings (SSSR count). The number of pyridine rings is 2. The van der Waals surface area contributed by atoms with Gasteiger partial charge in [0.1, 0.15) is 11.8 Å². The summed E-state index contributed by atoms with van der Waals surface area (Å²) in [5, 5.41) is 14.2. The topological polar surface area (TPSA) is 90.7 Å². The summed E-state index contributed by atoms with van der Waals surface area (Å²) in [5.41, 5.74) is 4.01. The molecule has 6 heteroatoms. The Balaban J connectivity index is 1.84. The van der Waals surface area contributed by atoms with Gasteiger partial charge in [0.25, 0.3) is 0 Å². The van der Waals surface area contributed by atoms with Crippen LogP contribution in [0.4, 0.5) is 10.5 Å². The Morgan fingerprint density at radius 2 is 2.14 bits per heavy atom. The Morgan fingerprint density at radius 1 is 1.32 bits per heavy atom. The number of aryl methyl sites for hydroxylation is 2. The molecule has 2 aromatic rings. The molecule has 6 nitrogen and oxygen atoms in total. The van der Waals surface area contributed by atoms with Gasteiger partial charge in [0.2, 0.25) is 0 Å². The van der Waals surface area contributed by atoms with Crippen molar-refractivity contribution in [3.8, 4) is 6.07 Å². The first-order chi connectivity index (χ1) is 10.6. The van der Waals surface area contributed by atoms with E-state index in [0.29, 0.717) is 18.7 Å². The summed E-state index contributed by atoms with van der Waals surface area (Å²) in [5.74, 6) is 0. The molecule has 0 unspecified atom stereocenters. The number of urea groups is 1. The summed E-state index contributed by atoms with van der Waals surface area (Å²) in [4.78, 5) is 20.0. The monoisotopic (exact) mass is 295 g/mol. The normalized spacial score (nSPS) is 9.86. The van der Waals surface area contributed by atoms with Crippen molar-refractivity contribution in [2.24, 2.45) is 0 Å². The van der Waals surface area contributed by atoms with E-state index in [1.807, 2.05) is 26.1 Å². The number of hydrogen-bond donors (Lipinski definition) is 2. The summed E-state index contributed by atoms with van der Waals surface area (Å²) < 4.78 is 0. The number of nitriles is 1. The number of rotatable bonds is 4. The molecule has 0 fully saturated rings. The Morgan fingerprint density at radius 3 is 2.86 bits per heavy atom. The molecule has 0 aromatic carbocycles. The molecule has 0 saturated heterocycles. The second-order valence-corrected chi connectivity index (χ2v) is 4.95. The van der Waals surface area contributed by atoms with Crippen molar-refractivity contribution >= 4 is 11.7 Å². The second kappa shape index (κ2) is 7.18. The minimum atomic E-state index is -0.320. The maximum atomic E-state index is 11.8. The van der Waals surface area contributed by atoms with Crippen molar-refractivity contribution in [2.45, 2.75) is 20.3 Å². The molecular weight excluding hydrogens is 278 g/mol. The SMILES string of the molecule is Cc1cnc(CCNC(=O)Nc2ccnc(C#N)c2)c(C)c1. The van der Waals surface area contributed by atoms with Crippen LogP contribution in [-0.4, -0.2) is 22.5 Å². The van der Waals surface area contributed by atoms with Gasteiger partial charge in [0.15, 0.2) is 0 Å². The van der Waals surface area contributed by atoms with E-state index in [0.717, 1.165) is 16.8 Å². The van der Waals surface area contributed by atoms with E-state index in [1.165, 1.54) is 12.3 Å². The zero-order chi connectivity index (χ0) is 15.9. The van der Waals surface area contributed by atoms with E-state index in [1.54, 1.807) is 6.07 Å². The fraction of sp³-hybridized carbons (Fsp3) is 0.250. The van der Waals surface area contributed by atoms with Crippen molar-refractivity contribution in [1.29, 1.82) is 5.26 Å². The molecule has 0 spiro atoms. The molecule has 22 heavy (non-hydrogen) atoms. The van der Waals surface area contributed by atoms with Crippen LogP contribution in [0, 0.1) is 25.2 Å². The van der Waals surface area contributed by atoms with Gasteiger partial charge in [-0.05, 0) is 37.1 Å². The minimum absolute atomic E-state index is 0.261. The summed E-state index contributed by atoms with van der Waals surface area (Å²) in [6.07, 6.45) is 3.97. The fourth-order valence-corrected chi connectivity index (χ4v) is 2.04. The molecule has 2 N–H and O–H groups in total. The summed E-state index contributed by atoms with van der Waals surface area (Å²) >= 11 is 0. The maximum absolute atomic E-state index is 11.8. The van der Waals surface area contributed by atoms with Gasteiger partial charge in [0, 0.05) is 36.7 Å². The van der Waals surface area contributed by atoms with Crippen LogP contribution in [0.15, 0.2) is 30.6 Å². The third-order valence-corrected chi connectivity index (χ3v) is 3.10. The molecule has 0 bridgehead atoms. The molecule has 0 aliphatic rings. The summed E-state index contributed by atoms with van der Waals surface area (Å²) in [6.45, 7) is 4.49. The molecule has 2 heterocycles. The smallest absolute Gasteiger partial charge is 0.319 e. The lowest BCUT2D eigenvalue weighted by atomic mass is 10.1. The highest BCUT2D eigenvalue weighted by Gasteiger charge is 2.04. The standard InChI is InChI=1S/C16H17N5O/c1-11-7-12(2)15(20-10-11)4-6-19-16(22)21-13-3-5-18-14(8-13)9-17/h3,5,7-8,10H,4,6H2,1-2H3,(H2,18,19,21,22). The van der Waals surface area contributed by atoms with Gasteiger partial charge >= 0.3 is 6.03 Å². The van der Waals surface area contributed by atoms with E-state index in [-0.39, 0.29) is 11.7 Å². The van der Waals surface area contributed by atoms with Crippen LogP contribution >= 0.6 is 0 Å². The van der Waals surface area contributed by atoms with Crippen molar-refractivity contribution in [3.63, 3.8) is 0 Å². The zero-order valence-electron chi connectivity index (χ0n) is 12.6. The first-order valence-corrected chi connectivity index (χ1v) is 6.91. The highest BCUT2D eigenvalue weighted by molar-refractivity contribution is 5.89. The van der Waals surface area contributed by atoms with Crippen LogP contribution in [0.2, 0.25) is 0 Å². The molecular formula is C16H17N5O. The average Bonchev–Trinajstić information content (AvgIpc) is 2.49. The lowest BCUT2D eigenvalue weighted by Crippen LogP contribution is -2.30. The zero-order valence-corrected chi connectivity index (χ0v) is 12.6. The van der Waals surface area contributed by atoms with E-state index in [2.05, 4.69) is 26.7 Å². The Kier molecular flexibility index (Phi) is 5.04. The third kappa shape index (κ3) is 4.28. The molecule has 2 amide bonds. The van der Waals surface area contributed by atoms with Crippen molar-refractivity contribution < 1.29 is 4.79 Å². The molecule has 0 aliphatic carbocycles. The lowest BCUT2D eigenvalue weighted by Gasteiger charge is -2.09. The maximum Gasteiger partial charge on any atom is 0.319 e. The van der Waals surface area contributed by atoms with Crippen LogP contribution in [0.3, 0.4) is 0 Å². The van der Waals surface area contributed by atoms with Crippen LogP contribution in [-0.2, 0) is 6.42 Å². The van der Waals surface area contributed by atoms with Gasteiger partial charge in [-0.25, -0.2) is 9.78 Å². The van der Waals surface area contributed by atoms with Crippen LogP contribution in [0.1, 0.15) is 22.5 Å². The van der Waals surface area contributed by atoms with Crippen LogP contribution in [0.25, 0.3) is 0 Å². The van der Waals surface area contributed by atoms with Crippen LogP contribution in [0.5, 0.6) is 0 Å². The molecule has 0 atom stereocenters. The summed E-state index contributed by atoms with van der Waals surface area (Å²) in [7, 11) is 0. The van der Waals surface area contributed by atoms with Gasteiger partial charge in [-0.15, -0.1) is 0 Å². The van der Waals surface area contributed by atoms with E-state index in [4.69, 9.17) is 5.26 Å². The van der Waals surface area contributed by atoms with Crippen molar-refractivity contribution in [1.82, 2.24) is 15.3 Å². The van der Waals surface area contributed by atoms with Gasteiger partial charge in [-0.2, -0.15) is 5.26 Å². The molecule has 0 saturated carbocycles. The highest BCUT2D eigenvalue weighted by Crippen LogP contribution is 2.08. The van der Waals surface area contributed by atoms with E-state index < -0.39 is 0 Å². The number of anilines is 1. The predicted octanol–water partition coefficient (Wildman–Crippen LogP) is 2.33.